The number of methoxy groups -OCH3 is 1. The van der Waals surface area contributed by atoms with E-state index < -0.39 is 17.3 Å². The van der Waals surface area contributed by atoms with Gasteiger partial charge in [-0.1, -0.05) is 0 Å². The number of hydrogen-bond acceptors (Lipinski definition) is 6. The molecule has 0 unspecified atom stereocenters. The molecule has 2 aromatic rings. The van der Waals surface area contributed by atoms with Crippen LogP contribution >= 0.6 is 0 Å². The molecule has 1 aromatic heterocycles. The number of halogens is 3. The zero-order chi connectivity index (χ0) is 25.5. The van der Waals surface area contributed by atoms with Crippen LogP contribution in [0.1, 0.15) is 45.4 Å². The van der Waals surface area contributed by atoms with Crippen LogP contribution in [0.15, 0.2) is 30.5 Å². The Hall–Kier alpha value is -2.36. The normalized spacial score (nSPS) is 22.7. The van der Waals surface area contributed by atoms with Crippen molar-refractivity contribution in [1.82, 2.24) is 10.3 Å². The maximum Gasteiger partial charge on any atom is 0.149 e. The number of hydrogen-bond donors (Lipinski definition) is 3. The lowest BCUT2D eigenvalue weighted by molar-refractivity contribution is -0.00115. The van der Waals surface area contributed by atoms with Crippen molar-refractivity contribution in [3.8, 4) is 11.1 Å². The number of alkyl halides is 1. The third-order valence-corrected chi connectivity index (χ3v) is 7.13. The molecule has 36 heavy (non-hydrogen) atoms. The summed E-state index contributed by atoms with van der Waals surface area (Å²) < 4.78 is 54.9. The molecule has 1 saturated heterocycles. The van der Waals surface area contributed by atoms with Gasteiger partial charge in [-0.2, -0.15) is 0 Å². The first kappa shape index (κ1) is 26.7. The van der Waals surface area contributed by atoms with Crippen molar-refractivity contribution in [3.63, 3.8) is 0 Å². The molecule has 6 nitrogen and oxygen atoms in total. The molecule has 2 fully saturated rings. The summed E-state index contributed by atoms with van der Waals surface area (Å²) in [7, 11) is 1.70. The molecule has 9 heteroatoms. The molecule has 3 N–H and O–H groups in total. The van der Waals surface area contributed by atoms with Gasteiger partial charge in [-0.3, -0.25) is 0 Å². The summed E-state index contributed by atoms with van der Waals surface area (Å²) in [5, 5.41) is 10.0. The lowest BCUT2D eigenvalue weighted by Crippen LogP contribution is -2.42. The lowest BCUT2D eigenvalue weighted by atomic mass is 9.90. The van der Waals surface area contributed by atoms with Gasteiger partial charge in [-0.15, -0.1) is 0 Å². The second-order valence-electron chi connectivity index (χ2n) is 10.1. The van der Waals surface area contributed by atoms with Crippen LogP contribution in [0.2, 0.25) is 0 Å². The Morgan fingerprint density at radius 2 is 1.75 bits per heavy atom. The average molecular weight is 507 g/mol. The zero-order valence-corrected chi connectivity index (χ0v) is 21.1. The van der Waals surface area contributed by atoms with Crippen molar-refractivity contribution >= 4 is 11.5 Å². The number of anilines is 2. The molecule has 1 aliphatic carbocycles. The Kier molecular flexibility index (Phi) is 9.09. The van der Waals surface area contributed by atoms with E-state index in [2.05, 4.69) is 27.9 Å². The van der Waals surface area contributed by atoms with Crippen molar-refractivity contribution in [2.45, 2.75) is 69.2 Å². The molecular weight excluding hydrogens is 469 g/mol. The molecule has 0 radical (unpaired) electrons. The summed E-state index contributed by atoms with van der Waals surface area (Å²) in [6.45, 7) is 3.65. The highest BCUT2D eigenvalue weighted by Gasteiger charge is 2.32. The minimum Gasteiger partial charge on any atom is -0.383 e. The van der Waals surface area contributed by atoms with Crippen molar-refractivity contribution < 1.29 is 22.6 Å². The van der Waals surface area contributed by atoms with Crippen LogP contribution < -0.4 is 16.0 Å². The highest BCUT2D eigenvalue weighted by atomic mass is 19.1. The van der Waals surface area contributed by atoms with E-state index >= 15 is 0 Å². The zero-order valence-electron chi connectivity index (χ0n) is 21.1. The highest BCUT2D eigenvalue weighted by molar-refractivity contribution is 5.71. The molecule has 0 spiro atoms. The first-order chi connectivity index (χ1) is 17.3. The second-order valence-corrected chi connectivity index (χ2v) is 10.1. The standard InChI is InChI=1S/C27H37F3N4O2/c1-18(16-35-2)33-19-3-5-20(6-4-19)34-26-14-23(25(29)15-31-26)22-13-21(7-8-24(22)28)32-17-27(30)9-11-36-12-10-27/h7-8,13-15,18-20,32-33H,3-6,9-12,16-17H2,1-2H3,(H,31,34)/t18-,19?,20?/m0/s1. The molecule has 2 heterocycles. The van der Waals surface area contributed by atoms with E-state index in [9.17, 15) is 13.2 Å². The minimum absolute atomic E-state index is 0.0921. The second kappa shape index (κ2) is 12.3. The molecule has 0 bridgehead atoms. The van der Waals surface area contributed by atoms with Gasteiger partial charge in [-0.25, -0.2) is 18.2 Å². The van der Waals surface area contributed by atoms with Crippen LogP contribution in [0.5, 0.6) is 0 Å². The summed E-state index contributed by atoms with van der Waals surface area (Å²) in [5.41, 5.74) is -0.599. The Bertz CT molecular complexity index is 995. The molecule has 2 aliphatic rings. The van der Waals surface area contributed by atoms with Gasteiger partial charge >= 0.3 is 0 Å². The van der Waals surface area contributed by atoms with Gasteiger partial charge in [0.2, 0.25) is 0 Å². The molecule has 1 aliphatic heterocycles. The molecule has 1 saturated carbocycles. The molecule has 0 amide bonds. The van der Waals surface area contributed by atoms with Crippen LogP contribution in [0.25, 0.3) is 11.1 Å². The number of aromatic nitrogens is 1. The third kappa shape index (κ3) is 7.11. The van der Waals surface area contributed by atoms with E-state index in [1.165, 1.54) is 12.1 Å². The number of nitrogens with zero attached hydrogens (tertiary/aromatic N) is 1. The molecule has 4 rings (SSSR count). The van der Waals surface area contributed by atoms with Gasteiger partial charge in [0.05, 0.1) is 12.8 Å². The van der Waals surface area contributed by atoms with Crippen LogP contribution in [0, 0.1) is 11.6 Å². The first-order valence-corrected chi connectivity index (χ1v) is 12.8. The predicted molar refractivity (Wildman–Crippen MR) is 136 cm³/mol. The van der Waals surface area contributed by atoms with Crippen molar-refractivity contribution in [1.29, 1.82) is 0 Å². The van der Waals surface area contributed by atoms with E-state index in [0.717, 1.165) is 31.9 Å². The number of benzene rings is 1. The Morgan fingerprint density at radius 1 is 1.06 bits per heavy atom. The van der Waals surface area contributed by atoms with Crippen LogP contribution in [0.4, 0.5) is 24.7 Å². The van der Waals surface area contributed by atoms with Gasteiger partial charge in [0.1, 0.15) is 23.1 Å². The fourth-order valence-electron chi connectivity index (χ4n) is 5.05. The van der Waals surface area contributed by atoms with E-state index in [1.807, 2.05) is 0 Å². The van der Waals surface area contributed by atoms with Gasteiger partial charge in [-0.05, 0) is 56.9 Å². The number of rotatable bonds is 10. The van der Waals surface area contributed by atoms with Crippen molar-refractivity contribution in [2.24, 2.45) is 0 Å². The fourth-order valence-corrected chi connectivity index (χ4v) is 5.05. The molecule has 198 valence electrons. The monoisotopic (exact) mass is 506 g/mol. The molecular formula is C27H37F3N4O2. The maximum atomic E-state index is 14.9. The van der Waals surface area contributed by atoms with Crippen molar-refractivity contribution in [2.75, 3.05) is 44.1 Å². The van der Waals surface area contributed by atoms with Gasteiger partial charge in [0.25, 0.3) is 0 Å². The van der Waals surface area contributed by atoms with Crippen molar-refractivity contribution in [3.05, 3.63) is 42.1 Å². The molecule has 1 aromatic carbocycles. The summed E-state index contributed by atoms with van der Waals surface area (Å²) >= 11 is 0. The summed E-state index contributed by atoms with van der Waals surface area (Å²) in [5.74, 6) is -0.643. The van der Waals surface area contributed by atoms with E-state index in [-0.39, 0.29) is 23.7 Å². The maximum absolute atomic E-state index is 14.9. The summed E-state index contributed by atoms with van der Waals surface area (Å²) in [6, 6.07) is 6.86. The van der Waals surface area contributed by atoms with E-state index in [0.29, 0.717) is 56.3 Å². The quantitative estimate of drug-likeness (QED) is 0.406. The largest absolute Gasteiger partial charge is 0.383 e. The third-order valence-electron chi connectivity index (χ3n) is 7.13. The number of nitrogens with one attached hydrogen (secondary N) is 3. The van der Waals surface area contributed by atoms with Crippen LogP contribution in [-0.2, 0) is 9.47 Å². The number of pyridine rings is 1. The Balaban J connectivity index is 1.40. The van der Waals surface area contributed by atoms with Crippen LogP contribution in [0.3, 0.4) is 0 Å². The van der Waals surface area contributed by atoms with Gasteiger partial charge < -0.3 is 25.4 Å². The van der Waals surface area contributed by atoms with E-state index in [1.54, 1.807) is 19.2 Å². The van der Waals surface area contributed by atoms with Gasteiger partial charge in [0.15, 0.2) is 0 Å². The Labute approximate surface area is 211 Å². The lowest BCUT2D eigenvalue weighted by Gasteiger charge is -2.32. The predicted octanol–water partition coefficient (Wildman–Crippen LogP) is 5.31. The number of ether oxygens (including phenoxy) is 2. The Morgan fingerprint density at radius 3 is 2.47 bits per heavy atom. The summed E-state index contributed by atoms with van der Waals surface area (Å²) in [4.78, 5) is 4.19. The SMILES string of the molecule is COC[C@H](C)NC1CCC(Nc2cc(-c3cc(NCC4(F)CCOCC4)ccc3F)c(F)cn2)CC1. The minimum atomic E-state index is -1.37. The van der Waals surface area contributed by atoms with E-state index in [4.69, 9.17) is 9.47 Å². The average Bonchev–Trinajstić information content (AvgIpc) is 2.87. The van der Waals surface area contributed by atoms with Crippen LogP contribution in [-0.4, -0.2) is 62.3 Å². The smallest absolute Gasteiger partial charge is 0.149 e. The molecule has 1 atom stereocenters. The van der Waals surface area contributed by atoms with Gasteiger partial charge in [0, 0.05) is 74.6 Å². The fraction of sp³-hybridized carbons (Fsp3) is 0.593. The summed E-state index contributed by atoms with van der Waals surface area (Å²) in [6.07, 6.45) is 5.69. The first-order valence-electron chi connectivity index (χ1n) is 12.8. The highest BCUT2D eigenvalue weighted by Crippen LogP contribution is 2.32. The topological polar surface area (TPSA) is 67.4 Å².